The Balaban J connectivity index is 1.12. The van der Waals surface area contributed by atoms with Gasteiger partial charge in [0.1, 0.15) is 5.82 Å². The van der Waals surface area contributed by atoms with Crippen LogP contribution in [-0.2, 0) is 11.2 Å². The number of nitrogens with zero attached hydrogens (tertiary/aromatic N) is 2. The first-order chi connectivity index (χ1) is 16.9. The number of methoxy groups -OCH3 is 1. The molecule has 0 unspecified atom stereocenters. The van der Waals surface area contributed by atoms with Gasteiger partial charge in [-0.2, -0.15) is 0 Å². The summed E-state index contributed by atoms with van der Waals surface area (Å²) in [5, 5.41) is 11.5. The number of carbonyl (C=O) groups is 1. The maximum absolute atomic E-state index is 11.7. The van der Waals surface area contributed by atoms with Gasteiger partial charge < -0.3 is 19.7 Å². The average Bonchev–Trinajstić information content (AvgIpc) is 3.30. The Morgan fingerprint density at radius 1 is 1.20 bits per heavy atom. The molecule has 3 aromatic rings. The fourth-order valence-electron chi connectivity index (χ4n) is 5.87. The van der Waals surface area contributed by atoms with E-state index >= 15 is 0 Å². The summed E-state index contributed by atoms with van der Waals surface area (Å²) < 4.78 is 4.80. The SMILES string of the molecule is COC(=O)c1ccc2nc(CCCN(C)CC[C@]3(O)C[C@H]4CC[C@H]3C=C4c3ccccc3)[nH]c2c1. The van der Waals surface area contributed by atoms with E-state index in [4.69, 9.17) is 4.74 Å². The smallest absolute Gasteiger partial charge is 0.337 e. The third kappa shape index (κ3) is 5.04. The highest BCUT2D eigenvalue weighted by atomic mass is 16.5. The van der Waals surface area contributed by atoms with Crippen molar-refractivity contribution in [2.24, 2.45) is 11.8 Å². The number of allylic oxidation sites excluding steroid dienone is 1. The largest absolute Gasteiger partial charge is 0.465 e. The van der Waals surface area contributed by atoms with E-state index in [1.54, 1.807) is 12.1 Å². The summed E-state index contributed by atoms with van der Waals surface area (Å²) in [6.45, 7) is 1.83. The fraction of sp³-hybridized carbons (Fsp3) is 0.448. The number of aromatic amines is 1. The third-order valence-corrected chi connectivity index (χ3v) is 7.88. The number of imidazole rings is 1. The molecule has 3 aliphatic rings. The van der Waals surface area contributed by atoms with Gasteiger partial charge in [-0.25, -0.2) is 9.78 Å². The van der Waals surface area contributed by atoms with Crippen LogP contribution in [0, 0.1) is 11.8 Å². The van der Waals surface area contributed by atoms with Gasteiger partial charge in [-0.15, -0.1) is 0 Å². The van der Waals surface area contributed by atoms with Crippen LogP contribution in [-0.4, -0.2) is 58.8 Å². The quantitative estimate of drug-likeness (QED) is 0.435. The average molecular weight is 474 g/mol. The van der Waals surface area contributed by atoms with E-state index in [2.05, 4.69) is 58.3 Å². The van der Waals surface area contributed by atoms with Gasteiger partial charge in [0.25, 0.3) is 0 Å². The molecule has 6 heteroatoms. The van der Waals surface area contributed by atoms with E-state index in [9.17, 15) is 9.90 Å². The number of aromatic nitrogens is 2. The zero-order chi connectivity index (χ0) is 24.4. The highest BCUT2D eigenvalue weighted by Gasteiger charge is 2.46. The highest BCUT2D eigenvalue weighted by molar-refractivity contribution is 5.93. The van der Waals surface area contributed by atoms with E-state index in [0.717, 1.165) is 62.1 Å². The second-order valence-corrected chi connectivity index (χ2v) is 10.2. The Kier molecular flexibility index (Phi) is 6.76. The van der Waals surface area contributed by atoms with Crippen LogP contribution in [0.2, 0.25) is 0 Å². The van der Waals surface area contributed by atoms with Gasteiger partial charge in [-0.1, -0.05) is 36.4 Å². The van der Waals surface area contributed by atoms with Crippen molar-refractivity contribution < 1.29 is 14.6 Å². The number of ether oxygens (including phenoxy) is 1. The molecule has 35 heavy (non-hydrogen) atoms. The summed E-state index contributed by atoms with van der Waals surface area (Å²) in [6.07, 6.45) is 8.13. The second-order valence-electron chi connectivity index (χ2n) is 10.2. The van der Waals surface area contributed by atoms with Crippen LogP contribution in [0.4, 0.5) is 0 Å². The number of aryl methyl sites for hydroxylation is 1. The zero-order valence-electron chi connectivity index (χ0n) is 20.7. The summed E-state index contributed by atoms with van der Waals surface area (Å²) in [7, 11) is 3.52. The van der Waals surface area contributed by atoms with Gasteiger partial charge in [-0.3, -0.25) is 0 Å². The molecule has 1 saturated carbocycles. The number of hydrogen-bond acceptors (Lipinski definition) is 5. The van der Waals surface area contributed by atoms with Crippen molar-refractivity contribution in [3.63, 3.8) is 0 Å². The van der Waals surface area contributed by atoms with Gasteiger partial charge in [0.15, 0.2) is 0 Å². The molecule has 0 spiro atoms. The van der Waals surface area contributed by atoms with Crippen LogP contribution >= 0.6 is 0 Å². The van der Waals surface area contributed by atoms with E-state index in [1.807, 2.05) is 6.07 Å². The number of benzene rings is 2. The highest BCUT2D eigenvalue weighted by Crippen LogP contribution is 2.51. The van der Waals surface area contributed by atoms with Crippen molar-refractivity contribution in [1.29, 1.82) is 0 Å². The number of H-pyrrole nitrogens is 1. The van der Waals surface area contributed by atoms with Crippen molar-refractivity contribution in [1.82, 2.24) is 14.9 Å². The lowest BCUT2D eigenvalue weighted by atomic mass is 9.61. The molecule has 0 aliphatic heterocycles. The minimum absolute atomic E-state index is 0.251. The Morgan fingerprint density at radius 3 is 2.77 bits per heavy atom. The molecule has 6 rings (SSSR count). The van der Waals surface area contributed by atoms with Crippen LogP contribution in [0.1, 0.15) is 53.8 Å². The van der Waals surface area contributed by atoms with Crippen molar-refractivity contribution in [3.8, 4) is 0 Å². The van der Waals surface area contributed by atoms with Crippen LogP contribution in [0.5, 0.6) is 0 Å². The molecule has 0 amide bonds. The minimum atomic E-state index is -0.592. The first kappa shape index (κ1) is 23.8. The molecule has 0 saturated heterocycles. The molecule has 0 radical (unpaired) electrons. The number of rotatable bonds is 9. The fourth-order valence-corrected chi connectivity index (χ4v) is 5.87. The Labute approximate surface area is 207 Å². The van der Waals surface area contributed by atoms with Crippen LogP contribution in [0.3, 0.4) is 0 Å². The van der Waals surface area contributed by atoms with Gasteiger partial charge in [0.05, 0.1) is 29.3 Å². The topological polar surface area (TPSA) is 78.4 Å². The van der Waals surface area contributed by atoms with Gasteiger partial charge >= 0.3 is 5.97 Å². The van der Waals surface area contributed by atoms with E-state index < -0.39 is 5.60 Å². The molecule has 184 valence electrons. The van der Waals surface area contributed by atoms with Gasteiger partial charge in [-0.05, 0) is 81.0 Å². The maximum atomic E-state index is 11.7. The molecule has 1 fully saturated rings. The zero-order valence-corrected chi connectivity index (χ0v) is 20.7. The maximum Gasteiger partial charge on any atom is 0.337 e. The predicted octanol–water partition coefficient (Wildman–Crippen LogP) is 4.85. The standard InChI is InChI=1S/C29H35N3O3/c1-32(15-6-9-27-30-25-13-11-21(28(33)35-2)17-26(25)31-27)16-14-29(34)19-22-10-12-23(29)18-24(22)20-7-4-3-5-8-20/h3-5,7-8,11,13,17-18,22-23,34H,6,9-10,12,14-16,19H2,1-2H3,(H,30,31)/t22-,23+,29+/m1/s1. The van der Waals surface area contributed by atoms with Crippen LogP contribution in [0.25, 0.3) is 16.6 Å². The van der Waals surface area contributed by atoms with E-state index in [-0.39, 0.29) is 11.9 Å². The Morgan fingerprint density at radius 2 is 2.03 bits per heavy atom. The van der Waals surface area contributed by atoms with Gasteiger partial charge in [0, 0.05) is 18.9 Å². The number of carbonyl (C=O) groups excluding carboxylic acids is 1. The summed E-state index contributed by atoms with van der Waals surface area (Å²) in [5.74, 6) is 1.30. The van der Waals surface area contributed by atoms with Crippen molar-refractivity contribution >= 4 is 22.6 Å². The lowest BCUT2D eigenvalue weighted by Crippen LogP contribution is -2.48. The number of nitrogens with one attached hydrogen (secondary N) is 1. The minimum Gasteiger partial charge on any atom is -0.465 e. The molecule has 1 heterocycles. The molecule has 1 aromatic heterocycles. The second kappa shape index (κ2) is 9.96. The summed E-state index contributed by atoms with van der Waals surface area (Å²) >= 11 is 0. The third-order valence-electron chi connectivity index (χ3n) is 7.88. The first-order valence-corrected chi connectivity index (χ1v) is 12.7. The van der Waals surface area contributed by atoms with Crippen molar-refractivity contribution in [3.05, 3.63) is 71.6 Å². The number of fused-ring (bicyclic) bond motifs is 3. The molecule has 2 bridgehead atoms. The van der Waals surface area contributed by atoms with E-state index in [1.165, 1.54) is 24.7 Å². The monoisotopic (exact) mass is 473 g/mol. The molecule has 3 aliphatic carbocycles. The Hall–Kier alpha value is -2.96. The summed E-state index contributed by atoms with van der Waals surface area (Å²) in [5.41, 5.74) is 4.39. The molecular weight excluding hydrogens is 438 g/mol. The first-order valence-electron chi connectivity index (χ1n) is 12.7. The number of hydrogen-bond donors (Lipinski definition) is 2. The van der Waals surface area contributed by atoms with Crippen molar-refractivity contribution in [2.45, 2.75) is 44.1 Å². The Bertz CT molecular complexity index is 1220. The predicted molar refractivity (Wildman–Crippen MR) is 138 cm³/mol. The summed E-state index contributed by atoms with van der Waals surface area (Å²) in [6, 6.07) is 16.0. The molecule has 2 aromatic carbocycles. The normalized spacial score (nSPS) is 23.6. The van der Waals surface area contributed by atoms with Crippen LogP contribution in [0.15, 0.2) is 54.6 Å². The van der Waals surface area contributed by atoms with E-state index in [0.29, 0.717) is 11.5 Å². The summed E-state index contributed by atoms with van der Waals surface area (Å²) in [4.78, 5) is 22.1. The van der Waals surface area contributed by atoms with Crippen molar-refractivity contribution in [2.75, 3.05) is 27.2 Å². The lowest BCUT2D eigenvalue weighted by Gasteiger charge is -2.48. The molecular formula is C29H35N3O3. The van der Waals surface area contributed by atoms with Crippen LogP contribution < -0.4 is 0 Å². The molecule has 6 nitrogen and oxygen atoms in total. The lowest BCUT2D eigenvalue weighted by molar-refractivity contribution is -0.0574. The number of aliphatic hydroxyl groups is 1. The number of esters is 1. The molecule has 3 atom stereocenters. The van der Waals surface area contributed by atoms with Gasteiger partial charge in [0.2, 0.25) is 0 Å². The molecule has 2 N–H and O–H groups in total.